The van der Waals surface area contributed by atoms with Gasteiger partial charge in [0.2, 0.25) is 0 Å². The highest BCUT2D eigenvalue weighted by molar-refractivity contribution is 5.01. The molecule has 0 amide bonds. The van der Waals surface area contributed by atoms with Crippen molar-refractivity contribution in [2.45, 2.75) is 215 Å². The first-order chi connectivity index (χ1) is 37.0. The molecule has 78 heavy (non-hydrogen) atoms. The molecule has 456 valence electrons. The molecular formula is C42H72O36. The Morgan fingerprint density at radius 1 is 0.192 bits per heavy atom. The van der Waals surface area contributed by atoms with E-state index in [1.807, 2.05) is 0 Å². The van der Waals surface area contributed by atoms with Crippen molar-refractivity contribution in [1.29, 1.82) is 0 Å². The summed E-state index contributed by atoms with van der Waals surface area (Å²) in [5, 5.41) is 243. The SMILES string of the molecule is OC[C@H]1O[C@@H](O[C@@H]2[C@H](O)[C@@H](O)[C@H](O[C@@H]3[C@H](O)[C@@H](O)[C@H](O[C@@H]4[C@H](O)[C@@H](O)[C@H](O[C@@H]5[C@H](O)[C@@H](O)[C@H](O[C@@H]6[C@H](O)[C@@H](O)[C@H](O[C@H]7[C@H](O)[C@@H](O)C(O)O[C@@H]7CO)O[C@@H]6CO)O[C@@H]5CO)O[C@@H]4CO)O[C@@H]3CO)O[C@@H]2CO)[C@H](O)[C@@H](O)[C@H]1O. The lowest BCUT2D eigenvalue weighted by molar-refractivity contribution is -0.398. The van der Waals surface area contributed by atoms with Crippen LogP contribution in [0.3, 0.4) is 0 Å². The minimum atomic E-state index is -2.23. The Kier molecular flexibility index (Phi) is 22.6. The summed E-state index contributed by atoms with van der Waals surface area (Å²) in [4.78, 5) is 0. The highest BCUT2D eigenvalue weighted by atomic mass is 16.8. The molecule has 0 saturated carbocycles. The van der Waals surface area contributed by atoms with E-state index in [1.165, 1.54) is 0 Å². The lowest BCUT2D eigenvalue weighted by Gasteiger charge is -2.50. The summed E-state index contributed by atoms with van der Waals surface area (Å²) >= 11 is 0. The Bertz CT molecular complexity index is 1810. The van der Waals surface area contributed by atoms with Gasteiger partial charge in [0, 0.05) is 0 Å². The van der Waals surface area contributed by atoms with Crippen LogP contribution in [0.15, 0.2) is 0 Å². The van der Waals surface area contributed by atoms with Gasteiger partial charge in [-0.2, -0.15) is 0 Å². The van der Waals surface area contributed by atoms with E-state index in [4.69, 9.17) is 61.6 Å². The van der Waals surface area contributed by atoms with Gasteiger partial charge in [0.05, 0.1) is 46.2 Å². The monoisotopic (exact) mass is 1150 g/mol. The quantitative estimate of drug-likeness (QED) is 0.0571. The molecule has 1 unspecified atom stereocenters. The molecule has 7 aliphatic heterocycles. The second-order valence-corrected chi connectivity index (χ2v) is 19.6. The first-order valence-electron chi connectivity index (χ1n) is 24.7. The number of aliphatic hydroxyl groups is 23. The topological polar surface area (TPSA) is 585 Å². The molecule has 0 bridgehead atoms. The molecule has 0 radical (unpaired) electrons. The van der Waals surface area contributed by atoms with Crippen molar-refractivity contribution in [1.82, 2.24) is 0 Å². The van der Waals surface area contributed by atoms with Gasteiger partial charge in [-0.15, -0.1) is 0 Å². The fraction of sp³-hybridized carbons (Fsp3) is 1.00. The Hall–Kier alpha value is -1.44. The minimum Gasteiger partial charge on any atom is -0.394 e. The average Bonchev–Trinajstić information content (AvgIpc) is 3.44. The van der Waals surface area contributed by atoms with Gasteiger partial charge < -0.3 is 179 Å². The third kappa shape index (κ3) is 12.9. The molecule has 0 aromatic heterocycles. The van der Waals surface area contributed by atoms with Crippen molar-refractivity contribution in [3.8, 4) is 0 Å². The van der Waals surface area contributed by atoms with Gasteiger partial charge in [-0.05, 0) is 0 Å². The maximum atomic E-state index is 11.3. The van der Waals surface area contributed by atoms with E-state index in [2.05, 4.69) is 0 Å². The molecule has 0 aromatic carbocycles. The van der Waals surface area contributed by atoms with E-state index in [9.17, 15) is 117 Å². The smallest absolute Gasteiger partial charge is 0.187 e. The minimum absolute atomic E-state index is 0.843. The Balaban J connectivity index is 0.947. The van der Waals surface area contributed by atoms with Crippen LogP contribution < -0.4 is 0 Å². The summed E-state index contributed by atoms with van der Waals surface area (Å²) < 4.78 is 71.9. The number of rotatable bonds is 19. The van der Waals surface area contributed by atoms with E-state index >= 15 is 0 Å². The highest BCUT2D eigenvalue weighted by Gasteiger charge is 2.58. The van der Waals surface area contributed by atoms with Crippen LogP contribution in [0.4, 0.5) is 0 Å². The first-order valence-corrected chi connectivity index (χ1v) is 24.7. The van der Waals surface area contributed by atoms with Gasteiger partial charge in [-0.1, -0.05) is 0 Å². The molecule has 7 aliphatic rings. The van der Waals surface area contributed by atoms with E-state index in [0.717, 1.165) is 0 Å². The Morgan fingerprint density at radius 2 is 0.372 bits per heavy atom. The fourth-order valence-corrected chi connectivity index (χ4v) is 10.0. The molecule has 36 nitrogen and oxygen atoms in total. The maximum absolute atomic E-state index is 11.3. The summed E-state index contributed by atoms with van der Waals surface area (Å²) in [6.45, 7) is -6.86. The van der Waals surface area contributed by atoms with Crippen LogP contribution >= 0.6 is 0 Å². The Morgan fingerprint density at radius 3 is 0.590 bits per heavy atom. The van der Waals surface area contributed by atoms with Crippen LogP contribution in [0.25, 0.3) is 0 Å². The predicted octanol–water partition coefficient (Wildman–Crippen LogP) is -16.3. The van der Waals surface area contributed by atoms with Gasteiger partial charge in [-0.25, -0.2) is 0 Å². The second-order valence-electron chi connectivity index (χ2n) is 19.6. The van der Waals surface area contributed by atoms with Gasteiger partial charge in [-0.3, -0.25) is 0 Å². The zero-order valence-corrected chi connectivity index (χ0v) is 40.8. The van der Waals surface area contributed by atoms with E-state index in [1.54, 1.807) is 0 Å². The number of hydrogen-bond acceptors (Lipinski definition) is 36. The van der Waals surface area contributed by atoms with Gasteiger partial charge in [0.1, 0.15) is 171 Å². The lowest BCUT2D eigenvalue weighted by Crippen LogP contribution is -2.68. The number of hydrogen-bond donors (Lipinski definition) is 23. The van der Waals surface area contributed by atoms with Crippen LogP contribution in [0, 0.1) is 0 Å². The fourth-order valence-electron chi connectivity index (χ4n) is 10.0. The summed E-state index contributed by atoms with van der Waals surface area (Å²) in [5.74, 6) is 0. The molecule has 23 N–H and O–H groups in total. The van der Waals surface area contributed by atoms with Gasteiger partial charge >= 0.3 is 0 Å². The average molecular weight is 1150 g/mol. The van der Waals surface area contributed by atoms with Crippen molar-refractivity contribution < 1.29 is 179 Å². The second kappa shape index (κ2) is 27.5. The molecule has 7 heterocycles. The highest BCUT2D eigenvalue weighted by Crippen LogP contribution is 2.37. The molecule has 7 saturated heterocycles. The molecule has 0 aliphatic carbocycles. The molecule has 7 rings (SSSR count). The van der Waals surface area contributed by atoms with Crippen molar-refractivity contribution in [3.05, 3.63) is 0 Å². The lowest BCUT2D eigenvalue weighted by atomic mass is 9.95. The zero-order chi connectivity index (χ0) is 57.3. The number of aliphatic hydroxyl groups excluding tert-OH is 23. The molecule has 36 heteroatoms. The molecule has 35 atom stereocenters. The molecular weight excluding hydrogens is 1080 g/mol. The van der Waals surface area contributed by atoms with Crippen molar-refractivity contribution in [3.63, 3.8) is 0 Å². The summed E-state index contributed by atoms with van der Waals surface area (Å²) in [5.41, 5.74) is 0. The van der Waals surface area contributed by atoms with Crippen LogP contribution in [0.1, 0.15) is 0 Å². The van der Waals surface area contributed by atoms with Crippen LogP contribution in [0.5, 0.6) is 0 Å². The van der Waals surface area contributed by atoms with Crippen molar-refractivity contribution >= 4 is 0 Å². The summed E-state index contributed by atoms with van der Waals surface area (Å²) in [7, 11) is 0. The molecule has 7 fully saturated rings. The zero-order valence-electron chi connectivity index (χ0n) is 40.8. The van der Waals surface area contributed by atoms with Gasteiger partial charge in [0.15, 0.2) is 44.0 Å². The van der Waals surface area contributed by atoms with Crippen LogP contribution in [-0.4, -0.2) is 379 Å². The van der Waals surface area contributed by atoms with E-state index in [0.29, 0.717) is 0 Å². The third-order valence-electron chi connectivity index (χ3n) is 14.5. The predicted molar refractivity (Wildman–Crippen MR) is 232 cm³/mol. The first kappa shape index (κ1) is 64.1. The van der Waals surface area contributed by atoms with E-state index in [-0.39, 0.29) is 0 Å². The van der Waals surface area contributed by atoms with Crippen LogP contribution in [0.2, 0.25) is 0 Å². The maximum Gasteiger partial charge on any atom is 0.187 e. The summed E-state index contributed by atoms with van der Waals surface area (Å²) in [6, 6.07) is 0. The summed E-state index contributed by atoms with van der Waals surface area (Å²) in [6.07, 6.45) is -67.4. The van der Waals surface area contributed by atoms with Crippen LogP contribution in [-0.2, 0) is 61.6 Å². The largest absolute Gasteiger partial charge is 0.394 e. The molecule has 0 spiro atoms. The van der Waals surface area contributed by atoms with Gasteiger partial charge in [0.25, 0.3) is 0 Å². The van der Waals surface area contributed by atoms with Crippen molar-refractivity contribution in [2.75, 3.05) is 46.2 Å². The third-order valence-corrected chi connectivity index (χ3v) is 14.5. The normalized spacial score (nSPS) is 53.5. The van der Waals surface area contributed by atoms with E-state index < -0.39 is 261 Å². The Labute approximate surface area is 439 Å². The van der Waals surface area contributed by atoms with Crippen molar-refractivity contribution in [2.24, 2.45) is 0 Å². The standard InChI is InChI=1S/C42H72O36/c43-1-8-15(50)16(51)24(59)37(67-8)74-31-10(3-45)69-39(26(61)18(31)53)76-33-12(5-47)71-41(28(63)20(33)55)78-35-14(7-49)72-42(29(64)22(35)57)77-34-13(6-48)70-40(27(62)21(34)56)75-32-11(4-46)68-38(25(60)19(32)54)73-30-9(2-44)66-36(65)23(58)17(30)52/h8-65H,1-7H2/t8-,9-,10-,11-,12-,13-,14-,15+,16+,17-,18-,19-,20-,21-,22-,23-,24-,25-,26-,27-,28-,29-,30-,31+,32+,33+,34+,35+,36?,37+,38+,39+,40+,41+,42+/m1/s1. The molecule has 0 aromatic rings. The number of ether oxygens (including phenoxy) is 13.